The van der Waals surface area contributed by atoms with E-state index in [1.807, 2.05) is 44.2 Å². The van der Waals surface area contributed by atoms with Crippen molar-refractivity contribution in [2.75, 3.05) is 0 Å². The molecule has 27 heavy (non-hydrogen) atoms. The highest BCUT2D eigenvalue weighted by molar-refractivity contribution is 8.01. The molecule has 0 fully saturated rings. The average Bonchev–Trinajstić information content (AvgIpc) is 3.04. The maximum absolute atomic E-state index is 11.4. The Kier molecular flexibility index (Phi) is 4.70. The van der Waals surface area contributed by atoms with Crippen LogP contribution in [-0.4, -0.2) is 30.8 Å². The Morgan fingerprint density at radius 1 is 1.19 bits per heavy atom. The van der Waals surface area contributed by atoms with Crippen molar-refractivity contribution < 1.29 is 9.90 Å². The molecule has 0 atom stereocenters. The second-order valence-electron chi connectivity index (χ2n) is 7.37. The molecule has 0 aliphatic heterocycles. The van der Waals surface area contributed by atoms with Gasteiger partial charge in [0.1, 0.15) is 11.1 Å². The van der Waals surface area contributed by atoms with Crippen molar-refractivity contribution in [3.63, 3.8) is 0 Å². The van der Waals surface area contributed by atoms with E-state index in [2.05, 4.69) is 21.0 Å². The number of aromatic nitrogens is 3. The maximum Gasteiger partial charge on any atom is 0.319 e. The molecule has 0 unspecified atom stereocenters. The largest absolute Gasteiger partial charge is 0.480 e. The molecule has 6 nitrogen and oxygen atoms in total. The molecule has 2 N–H and O–H groups in total. The Hall–Kier alpha value is -2.85. The number of nitriles is 1. The molecule has 2 heterocycles. The second kappa shape index (κ2) is 6.71. The molecule has 0 saturated carbocycles. The van der Waals surface area contributed by atoms with Gasteiger partial charge in [0.25, 0.3) is 0 Å². The van der Waals surface area contributed by atoms with Gasteiger partial charge in [-0.15, -0.1) is 11.8 Å². The first-order valence-electron chi connectivity index (χ1n) is 8.42. The Bertz CT molecular complexity index is 1060. The number of hydrogen-bond acceptors (Lipinski definition) is 5. The lowest BCUT2D eigenvalue weighted by Crippen LogP contribution is -2.26. The second-order valence-corrected chi connectivity index (χ2v) is 9.07. The van der Waals surface area contributed by atoms with E-state index in [0.717, 1.165) is 21.5 Å². The maximum atomic E-state index is 11.4. The molecule has 0 spiro atoms. The van der Waals surface area contributed by atoms with Gasteiger partial charge in [-0.3, -0.25) is 4.79 Å². The highest BCUT2D eigenvalue weighted by Gasteiger charge is 2.28. The van der Waals surface area contributed by atoms with Crippen LogP contribution in [0, 0.1) is 11.3 Å². The van der Waals surface area contributed by atoms with Gasteiger partial charge in [-0.1, -0.05) is 0 Å². The third kappa shape index (κ3) is 3.81. The summed E-state index contributed by atoms with van der Waals surface area (Å²) in [6.45, 7) is 7.01. The summed E-state index contributed by atoms with van der Waals surface area (Å²) < 4.78 is -0.906. The number of carbonyl (C=O) groups is 1. The third-order valence-corrected chi connectivity index (χ3v) is 5.52. The van der Waals surface area contributed by atoms with Crippen LogP contribution >= 0.6 is 11.8 Å². The Morgan fingerprint density at radius 3 is 2.59 bits per heavy atom. The molecule has 0 aliphatic carbocycles. The number of hydrogen-bond donors (Lipinski definition) is 2. The number of H-pyrrole nitrogens is 1. The van der Waals surface area contributed by atoms with E-state index in [0.29, 0.717) is 11.4 Å². The fourth-order valence-electron chi connectivity index (χ4n) is 2.55. The number of fused-ring (bicyclic) bond motifs is 1. The molecular weight excluding hydrogens is 360 g/mol. The minimum absolute atomic E-state index is 0.660. The smallest absolute Gasteiger partial charge is 0.319 e. The Labute approximate surface area is 161 Å². The summed E-state index contributed by atoms with van der Waals surface area (Å²) in [7, 11) is 0. The molecule has 3 aromatic rings. The number of aromatic amines is 1. The number of thioether (sulfide) groups is 1. The van der Waals surface area contributed by atoms with Crippen molar-refractivity contribution in [3.8, 4) is 17.5 Å². The standard InChI is InChI=1S/C20H20N4O2S/c1-19(2,10-21)17-9-15(22-11-23-17)16-8-12-7-13(5-6-14(12)24-16)27-20(3,4)18(25)26/h5-9,11,24H,1-4H3,(H,25,26). The predicted molar refractivity (Wildman–Crippen MR) is 106 cm³/mol. The SMILES string of the molecule is CC(C)(Sc1ccc2[nH]c(-c3cc(C(C)(C)C#N)ncn3)cc2c1)C(=O)O. The summed E-state index contributed by atoms with van der Waals surface area (Å²) in [6, 6.07) is 11.8. The number of carboxylic acids is 1. The van der Waals surface area contributed by atoms with Gasteiger partial charge in [-0.25, -0.2) is 9.97 Å². The van der Waals surface area contributed by atoms with Crippen LogP contribution in [0.25, 0.3) is 22.3 Å². The number of rotatable bonds is 5. The average molecular weight is 380 g/mol. The van der Waals surface area contributed by atoms with Gasteiger partial charge < -0.3 is 10.1 Å². The zero-order valence-electron chi connectivity index (χ0n) is 15.6. The van der Waals surface area contributed by atoms with Crippen LogP contribution in [0.1, 0.15) is 33.4 Å². The topological polar surface area (TPSA) is 103 Å². The summed E-state index contributed by atoms with van der Waals surface area (Å²) in [5.74, 6) is -0.851. The van der Waals surface area contributed by atoms with Crippen molar-refractivity contribution >= 4 is 28.6 Å². The van der Waals surface area contributed by atoms with Gasteiger partial charge in [0.05, 0.1) is 28.6 Å². The van der Waals surface area contributed by atoms with Crippen molar-refractivity contribution in [1.29, 1.82) is 5.26 Å². The normalized spacial score (nSPS) is 12.1. The number of nitrogens with zero attached hydrogens (tertiary/aromatic N) is 3. The number of benzene rings is 1. The molecule has 3 rings (SSSR count). The molecule has 2 aromatic heterocycles. The third-order valence-electron chi connectivity index (χ3n) is 4.34. The fourth-order valence-corrected chi connectivity index (χ4v) is 3.55. The molecule has 0 bridgehead atoms. The van der Waals surface area contributed by atoms with Gasteiger partial charge in [0.2, 0.25) is 0 Å². The van der Waals surface area contributed by atoms with E-state index in [9.17, 15) is 15.2 Å². The fraction of sp³-hybridized carbons (Fsp3) is 0.300. The Morgan fingerprint density at radius 2 is 1.93 bits per heavy atom. The van der Waals surface area contributed by atoms with Crippen LogP contribution < -0.4 is 0 Å². The molecule has 7 heteroatoms. The molecular formula is C20H20N4O2S. The monoisotopic (exact) mass is 380 g/mol. The van der Waals surface area contributed by atoms with Crippen LogP contribution in [0.15, 0.2) is 41.6 Å². The lowest BCUT2D eigenvalue weighted by atomic mass is 9.90. The minimum atomic E-state index is -0.906. The first-order chi connectivity index (χ1) is 12.6. The van der Waals surface area contributed by atoms with E-state index < -0.39 is 16.1 Å². The number of nitrogens with one attached hydrogen (secondary N) is 1. The highest BCUT2D eigenvalue weighted by Crippen LogP contribution is 2.35. The minimum Gasteiger partial charge on any atom is -0.480 e. The molecule has 0 aliphatic rings. The van der Waals surface area contributed by atoms with Gasteiger partial charge in [-0.05, 0) is 58.0 Å². The van der Waals surface area contributed by atoms with Crippen molar-refractivity contribution in [2.24, 2.45) is 0 Å². The first kappa shape index (κ1) is 18.9. The summed E-state index contributed by atoms with van der Waals surface area (Å²) in [6.07, 6.45) is 1.46. The number of aliphatic carboxylic acids is 1. The van der Waals surface area contributed by atoms with Gasteiger partial charge in [0.15, 0.2) is 0 Å². The van der Waals surface area contributed by atoms with E-state index in [1.165, 1.54) is 18.1 Å². The quantitative estimate of drug-likeness (QED) is 0.637. The van der Waals surface area contributed by atoms with E-state index in [4.69, 9.17) is 0 Å². The molecule has 0 radical (unpaired) electrons. The van der Waals surface area contributed by atoms with Crippen molar-refractivity contribution in [3.05, 3.63) is 42.4 Å². The van der Waals surface area contributed by atoms with E-state index in [1.54, 1.807) is 13.8 Å². The van der Waals surface area contributed by atoms with Crippen LogP contribution in [0.2, 0.25) is 0 Å². The highest BCUT2D eigenvalue weighted by atomic mass is 32.2. The summed E-state index contributed by atoms with van der Waals surface area (Å²) in [5.41, 5.74) is 2.42. The lowest BCUT2D eigenvalue weighted by molar-refractivity contribution is -0.138. The first-order valence-corrected chi connectivity index (χ1v) is 9.23. The van der Waals surface area contributed by atoms with Gasteiger partial charge >= 0.3 is 5.97 Å². The Balaban J connectivity index is 1.98. The van der Waals surface area contributed by atoms with Crippen molar-refractivity contribution in [1.82, 2.24) is 15.0 Å². The van der Waals surface area contributed by atoms with E-state index in [-0.39, 0.29) is 0 Å². The molecule has 0 amide bonds. The zero-order chi connectivity index (χ0) is 19.8. The lowest BCUT2D eigenvalue weighted by Gasteiger charge is -2.18. The van der Waals surface area contributed by atoms with Crippen LogP contribution in [-0.2, 0) is 10.2 Å². The van der Waals surface area contributed by atoms with Gasteiger partial charge in [-0.2, -0.15) is 5.26 Å². The van der Waals surface area contributed by atoms with Crippen LogP contribution in [0.4, 0.5) is 0 Å². The molecule has 1 aromatic carbocycles. The van der Waals surface area contributed by atoms with Crippen LogP contribution in [0.5, 0.6) is 0 Å². The summed E-state index contributed by atoms with van der Waals surface area (Å²) in [4.78, 5) is 24.1. The zero-order valence-corrected chi connectivity index (χ0v) is 16.4. The van der Waals surface area contributed by atoms with Gasteiger partial charge in [0, 0.05) is 15.8 Å². The summed E-state index contributed by atoms with van der Waals surface area (Å²) in [5, 5.41) is 19.6. The number of carboxylic acid groups (broad SMARTS) is 1. The molecule has 138 valence electrons. The predicted octanol–water partition coefficient (Wildman–Crippen LogP) is 4.38. The van der Waals surface area contributed by atoms with Crippen LogP contribution in [0.3, 0.4) is 0 Å². The molecule has 0 saturated heterocycles. The van der Waals surface area contributed by atoms with Crippen molar-refractivity contribution in [2.45, 2.75) is 42.8 Å². The van der Waals surface area contributed by atoms with E-state index >= 15 is 0 Å². The summed E-state index contributed by atoms with van der Waals surface area (Å²) >= 11 is 1.31.